The fourth-order valence-corrected chi connectivity index (χ4v) is 0.891. The van der Waals surface area contributed by atoms with E-state index >= 15 is 0 Å². The van der Waals surface area contributed by atoms with Gasteiger partial charge in [-0.2, -0.15) is 0 Å². The molecule has 0 N–H and O–H groups in total. The van der Waals surface area contributed by atoms with Gasteiger partial charge in [0.2, 0.25) is 0 Å². The van der Waals surface area contributed by atoms with Crippen LogP contribution in [0.4, 0.5) is 0 Å². The minimum atomic E-state index is 0.300. The number of alkyl halides is 1. The van der Waals surface area contributed by atoms with E-state index in [1.165, 1.54) is 0 Å². The highest BCUT2D eigenvalue weighted by atomic mass is 79.9. The van der Waals surface area contributed by atoms with Crippen molar-refractivity contribution in [3.05, 3.63) is 24.3 Å². The van der Waals surface area contributed by atoms with Gasteiger partial charge in [-0.3, -0.25) is 0 Å². The molecule has 0 fully saturated rings. The molecule has 0 saturated carbocycles. The lowest BCUT2D eigenvalue weighted by Gasteiger charge is -2.01. The Morgan fingerprint density at radius 2 is 2.10 bits per heavy atom. The molecule has 0 amide bonds. The molecule has 0 saturated heterocycles. The average molecular weight is 201 g/mol. The summed E-state index contributed by atoms with van der Waals surface area (Å²) < 4.78 is 0. The van der Waals surface area contributed by atoms with Crippen molar-refractivity contribution in [2.45, 2.75) is 18.2 Å². The Balaban J connectivity index is 2.75. The fourth-order valence-electron chi connectivity index (χ4n) is 0.655. The summed E-state index contributed by atoms with van der Waals surface area (Å²) in [7, 11) is 0. The highest BCUT2D eigenvalue weighted by molar-refractivity contribution is 9.09. The number of halogens is 1. The molecule has 3 heteroatoms. The molecule has 1 heterocycles. The lowest BCUT2D eigenvalue weighted by molar-refractivity contribution is 0.826. The molecule has 1 unspecified atom stereocenters. The van der Waals surface area contributed by atoms with Crippen LogP contribution in [0, 0.1) is 0 Å². The van der Waals surface area contributed by atoms with E-state index in [1.807, 2.05) is 6.07 Å². The molecule has 2 nitrogen and oxygen atoms in total. The van der Waals surface area contributed by atoms with Crippen LogP contribution in [0.5, 0.6) is 0 Å². The first kappa shape index (κ1) is 7.66. The number of nitrogens with zero attached hydrogens (tertiary/aromatic N) is 2. The Bertz CT molecular complexity index is 188. The van der Waals surface area contributed by atoms with Crippen LogP contribution in [-0.2, 0) is 0 Å². The maximum Gasteiger partial charge on any atom is 0.141 e. The molecule has 54 valence electrons. The van der Waals surface area contributed by atoms with E-state index in [-0.39, 0.29) is 0 Å². The van der Waals surface area contributed by atoms with Gasteiger partial charge in [-0.05, 0) is 12.5 Å². The maximum atomic E-state index is 4.09. The van der Waals surface area contributed by atoms with Crippen molar-refractivity contribution in [1.29, 1.82) is 0 Å². The monoisotopic (exact) mass is 200 g/mol. The van der Waals surface area contributed by atoms with Gasteiger partial charge in [-0.25, -0.2) is 9.97 Å². The molecular formula is C7H9BrN2. The third-order valence-corrected chi connectivity index (χ3v) is 2.28. The van der Waals surface area contributed by atoms with E-state index in [0.717, 1.165) is 12.2 Å². The molecule has 0 aliphatic heterocycles. The lowest BCUT2D eigenvalue weighted by atomic mass is 10.3. The molecule has 1 rings (SSSR count). The van der Waals surface area contributed by atoms with Crippen molar-refractivity contribution in [3.8, 4) is 0 Å². The molecule has 1 aromatic heterocycles. The summed E-state index contributed by atoms with van der Waals surface area (Å²) in [5.41, 5.74) is 0. The summed E-state index contributed by atoms with van der Waals surface area (Å²) in [5, 5.41) is 0. The van der Waals surface area contributed by atoms with Crippen molar-refractivity contribution in [1.82, 2.24) is 9.97 Å². The van der Waals surface area contributed by atoms with Crippen molar-refractivity contribution >= 4 is 15.9 Å². The second-order valence-electron chi connectivity index (χ2n) is 1.98. The number of hydrogen-bond acceptors (Lipinski definition) is 2. The third kappa shape index (κ3) is 1.77. The van der Waals surface area contributed by atoms with E-state index in [9.17, 15) is 0 Å². The second-order valence-corrected chi connectivity index (χ2v) is 3.09. The normalized spacial score (nSPS) is 13.0. The SMILES string of the molecule is CCC(Br)c1ncccn1. The predicted octanol–water partition coefficient (Wildman–Crippen LogP) is 2.32. The van der Waals surface area contributed by atoms with E-state index in [2.05, 4.69) is 32.8 Å². The smallest absolute Gasteiger partial charge is 0.141 e. The van der Waals surface area contributed by atoms with Gasteiger partial charge < -0.3 is 0 Å². The standard InChI is InChI=1S/C7H9BrN2/c1-2-6(8)7-9-4-3-5-10-7/h3-6H,2H2,1H3. The molecule has 0 bridgehead atoms. The van der Waals surface area contributed by atoms with Crippen LogP contribution >= 0.6 is 15.9 Å². The number of rotatable bonds is 2. The topological polar surface area (TPSA) is 25.8 Å². The third-order valence-electron chi connectivity index (χ3n) is 1.22. The van der Waals surface area contributed by atoms with Crippen LogP contribution in [0.15, 0.2) is 18.5 Å². The van der Waals surface area contributed by atoms with E-state index in [1.54, 1.807) is 12.4 Å². The van der Waals surface area contributed by atoms with Gasteiger partial charge in [-0.1, -0.05) is 22.9 Å². The minimum absolute atomic E-state index is 0.300. The molecule has 0 radical (unpaired) electrons. The Morgan fingerprint density at radius 1 is 1.50 bits per heavy atom. The summed E-state index contributed by atoms with van der Waals surface area (Å²) in [5.74, 6) is 0.866. The zero-order valence-corrected chi connectivity index (χ0v) is 7.37. The number of aromatic nitrogens is 2. The van der Waals surface area contributed by atoms with Crippen LogP contribution in [-0.4, -0.2) is 9.97 Å². The van der Waals surface area contributed by atoms with Gasteiger partial charge in [-0.15, -0.1) is 0 Å². The van der Waals surface area contributed by atoms with Crippen molar-refractivity contribution < 1.29 is 0 Å². The molecule has 0 aromatic carbocycles. The zero-order valence-electron chi connectivity index (χ0n) is 5.79. The summed E-state index contributed by atoms with van der Waals surface area (Å²) >= 11 is 3.46. The van der Waals surface area contributed by atoms with Gasteiger partial charge in [0.05, 0.1) is 4.83 Å². The maximum absolute atomic E-state index is 4.09. The Labute approximate surface area is 68.8 Å². The van der Waals surface area contributed by atoms with E-state index < -0.39 is 0 Å². The Morgan fingerprint density at radius 3 is 2.60 bits per heavy atom. The largest absolute Gasteiger partial charge is 0.240 e. The van der Waals surface area contributed by atoms with E-state index in [0.29, 0.717) is 4.83 Å². The van der Waals surface area contributed by atoms with Crippen molar-refractivity contribution in [2.75, 3.05) is 0 Å². The molecule has 0 spiro atoms. The first-order valence-corrected chi connectivity index (χ1v) is 4.17. The Hall–Kier alpha value is -0.440. The fraction of sp³-hybridized carbons (Fsp3) is 0.429. The van der Waals surface area contributed by atoms with Gasteiger partial charge >= 0.3 is 0 Å². The molecule has 1 atom stereocenters. The van der Waals surface area contributed by atoms with Crippen LogP contribution < -0.4 is 0 Å². The summed E-state index contributed by atoms with van der Waals surface area (Å²) in [6.45, 7) is 2.09. The molecular weight excluding hydrogens is 192 g/mol. The first-order valence-electron chi connectivity index (χ1n) is 3.25. The minimum Gasteiger partial charge on any atom is -0.240 e. The Kier molecular flexibility index (Phi) is 2.81. The first-order chi connectivity index (χ1) is 4.84. The van der Waals surface area contributed by atoms with Gasteiger partial charge in [0.15, 0.2) is 0 Å². The predicted molar refractivity (Wildman–Crippen MR) is 44.0 cm³/mol. The van der Waals surface area contributed by atoms with E-state index in [4.69, 9.17) is 0 Å². The summed E-state index contributed by atoms with van der Waals surface area (Å²) in [4.78, 5) is 8.48. The second kappa shape index (κ2) is 3.66. The van der Waals surface area contributed by atoms with Crippen molar-refractivity contribution in [3.63, 3.8) is 0 Å². The zero-order chi connectivity index (χ0) is 7.40. The molecule has 1 aromatic rings. The number of hydrogen-bond donors (Lipinski definition) is 0. The van der Waals surface area contributed by atoms with Crippen LogP contribution in [0.2, 0.25) is 0 Å². The van der Waals surface area contributed by atoms with Gasteiger partial charge in [0.1, 0.15) is 5.82 Å². The molecule has 0 aliphatic carbocycles. The van der Waals surface area contributed by atoms with Gasteiger partial charge in [0, 0.05) is 12.4 Å². The molecule has 10 heavy (non-hydrogen) atoms. The van der Waals surface area contributed by atoms with Crippen LogP contribution in [0.1, 0.15) is 24.0 Å². The van der Waals surface area contributed by atoms with Gasteiger partial charge in [0.25, 0.3) is 0 Å². The van der Waals surface area contributed by atoms with Crippen LogP contribution in [0.3, 0.4) is 0 Å². The summed E-state index contributed by atoms with van der Waals surface area (Å²) in [6.07, 6.45) is 4.53. The molecule has 0 aliphatic rings. The highest BCUT2D eigenvalue weighted by Crippen LogP contribution is 2.21. The van der Waals surface area contributed by atoms with Crippen LogP contribution in [0.25, 0.3) is 0 Å². The lowest BCUT2D eigenvalue weighted by Crippen LogP contribution is -1.94. The highest BCUT2D eigenvalue weighted by Gasteiger charge is 2.04. The van der Waals surface area contributed by atoms with Crippen molar-refractivity contribution in [2.24, 2.45) is 0 Å². The summed E-state index contributed by atoms with van der Waals surface area (Å²) in [6, 6.07) is 1.82. The average Bonchev–Trinajstić information content (AvgIpc) is 2.05. The quantitative estimate of drug-likeness (QED) is 0.686.